The first-order valence-electron chi connectivity index (χ1n) is 6.04. The molecule has 0 radical (unpaired) electrons. The van der Waals surface area contributed by atoms with E-state index >= 15 is 0 Å². The van der Waals surface area contributed by atoms with Crippen LogP contribution in [0, 0.1) is 0 Å². The highest BCUT2D eigenvalue weighted by Gasteiger charge is 2.50. The van der Waals surface area contributed by atoms with Gasteiger partial charge in [-0.25, -0.2) is 0 Å². The van der Waals surface area contributed by atoms with Crippen molar-refractivity contribution >= 4 is 0 Å². The molecule has 2 rings (SSSR count). The molecule has 0 unspecified atom stereocenters. The SMILES string of the molecule is COc1ccc(C2(C(C)(C)N)COC2)cc1OC. The zero-order chi connectivity index (χ0) is 13.4. The molecule has 0 aromatic heterocycles. The summed E-state index contributed by atoms with van der Waals surface area (Å²) < 4.78 is 16.0. The summed E-state index contributed by atoms with van der Waals surface area (Å²) in [6.07, 6.45) is 0. The summed E-state index contributed by atoms with van der Waals surface area (Å²) in [6, 6.07) is 5.95. The van der Waals surface area contributed by atoms with Gasteiger partial charge in [0.1, 0.15) is 0 Å². The predicted molar refractivity (Wildman–Crippen MR) is 70.3 cm³/mol. The molecule has 1 fully saturated rings. The van der Waals surface area contributed by atoms with E-state index < -0.39 is 0 Å². The van der Waals surface area contributed by atoms with Crippen LogP contribution < -0.4 is 15.2 Å². The summed E-state index contributed by atoms with van der Waals surface area (Å²) >= 11 is 0. The maximum atomic E-state index is 6.32. The number of nitrogens with two attached hydrogens (primary N) is 1. The van der Waals surface area contributed by atoms with Crippen molar-refractivity contribution in [2.24, 2.45) is 5.73 Å². The monoisotopic (exact) mass is 251 g/mol. The molecule has 1 aromatic carbocycles. The molecule has 100 valence electrons. The van der Waals surface area contributed by atoms with Gasteiger partial charge < -0.3 is 19.9 Å². The second-order valence-corrected chi connectivity index (χ2v) is 5.37. The van der Waals surface area contributed by atoms with Gasteiger partial charge >= 0.3 is 0 Å². The highest BCUT2D eigenvalue weighted by Crippen LogP contribution is 2.43. The van der Waals surface area contributed by atoms with Crippen LogP contribution in [0.2, 0.25) is 0 Å². The minimum atomic E-state index is -0.342. The minimum absolute atomic E-state index is 0.146. The Morgan fingerprint density at radius 1 is 1.17 bits per heavy atom. The van der Waals surface area contributed by atoms with E-state index in [4.69, 9.17) is 19.9 Å². The van der Waals surface area contributed by atoms with Crippen molar-refractivity contribution in [2.75, 3.05) is 27.4 Å². The van der Waals surface area contributed by atoms with Crippen LogP contribution in [0.15, 0.2) is 18.2 Å². The lowest BCUT2D eigenvalue weighted by Crippen LogP contribution is -2.64. The number of hydrogen-bond acceptors (Lipinski definition) is 4. The fourth-order valence-corrected chi connectivity index (χ4v) is 2.35. The quantitative estimate of drug-likeness (QED) is 0.885. The Labute approximate surface area is 108 Å². The van der Waals surface area contributed by atoms with Crippen molar-refractivity contribution in [2.45, 2.75) is 24.8 Å². The maximum absolute atomic E-state index is 6.32. The minimum Gasteiger partial charge on any atom is -0.493 e. The zero-order valence-corrected chi connectivity index (χ0v) is 11.4. The van der Waals surface area contributed by atoms with Gasteiger partial charge in [-0.3, -0.25) is 0 Å². The Hall–Kier alpha value is -1.26. The van der Waals surface area contributed by atoms with Gasteiger partial charge in [-0.2, -0.15) is 0 Å². The average Bonchev–Trinajstić information content (AvgIpc) is 2.25. The summed E-state index contributed by atoms with van der Waals surface area (Å²) in [5.41, 5.74) is 6.97. The summed E-state index contributed by atoms with van der Waals surface area (Å²) in [5.74, 6) is 1.46. The molecule has 1 heterocycles. The van der Waals surface area contributed by atoms with Gasteiger partial charge in [0.15, 0.2) is 11.5 Å². The third kappa shape index (κ3) is 1.85. The molecule has 1 aliphatic heterocycles. The van der Waals surface area contributed by atoms with Crippen molar-refractivity contribution < 1.29 is 14.2 Å². The largest absolute Gasteiger partial charge is 0.493 e. The second kappa shape index (κ2) is 4.44. The maximum Gasteiger partial charge on any atom is 0.161 e. The van der Waals surface area contributed by atoms with Gasteiger partial charge in [-0.05, 0) is 31.5 Å². The predicted octanol–water partition coefficient (Wildman–Crippen LogP) is 1.71. The fraction of sp³-hybridized carbons (Fsp3) is 0.571. The molecule has 0 spiro atoms. The molecule has 1 aliphatic rings. The lowest BCUT2D eigenvalue weighted by Gasteiger charge is -2.51. The van der Waals surface area contributed by atoms with E-state index in [0.29, 0.717) is 13.2 Å². The van der Waals surface area contributed by atoms with E-state index in [0.717, 1.165) is 17.1 Å². The molecule has 0 saturated carbocycles. The van der Waals surface area contributed by atoms with Crippen LogP contribution in [0.5, 0.6) is 11.5 Å². The van der Waals surface area contributed by atoms with E-state index in [2.05, 4.69) is 0 Å². The van der Waals surface area contributed by atoms with Gasteiger partial charge in [0.2, 0.25) is 0 Å². The van der Waals surface area contributed by atoms with E-state index in [9.17, 15) is 0 Å². The topological polar surface area (TPSA) is 53.7 Å². The van der Waals surface area contributed by atoms with Crippen LogP contribution >= 0.6 is 0 Å². The Kier molecular flexibility index (Phi) is 3.25. The normalized spacial score (nSPS) is 18.1. The summed E-state index contributed by atoms with van der Waals surface area (Å²) in [6.45, 7) is 5.36. The first kappa shape index (κ1) is 13.2. The molecule has 1 aromatic rings. The third-order valence-corrected chi connectivity index (χ3v) is 3.87. The van der Waals surface area contributed by atoms with Gasteiger partial charge in [-0.15, -0.1) is 0 Å². The van der Waals surface area contributed by atoms with Crippen LogP contribution in [0.1, 0.15) is 19.4 Å². The Balaban J connectivity index is 2.44. The lowest BCUT2D eigenvalue weighted by molar-refractivity contribution is -0.0919. The second-order valence-electron chi connectivity index (χ2n) is 5.37. The molecule has 4 heteroatoms. The molecule has 4 nitrogen and oxygen atoms in total. The molecule has 0 atom stereocenters. The van der Waals surface area contributed by atoms with E-state index in [1.54, 1.807) is 14.2 Å². The molecule has 18 heavy (non-hydrogen) atoms. The van der Waals surface area contributed by atoms with Crippen LogP contribution in [0.3, 0.4) is 0 Å². The summed E-state index contributed by atoms with van der Waals surface area (Å²) in [4.78, 5) is 0. The number of rotatable bonds is 4. The van der Waals surface area contributed by atoms with Crippen LogP contribution in [0.25, 0.3) is 0 Å². The Morgan fingerprint density at radius 3 is 2.17 bits per heavy atom. The highest BCUT2D eigenvalue weighted by atomic mass is 16.5. The van der Waals surface area contributed by atoms with Gasteiger partial charge in [0, 0.05) is 5.54 Å². The highest BCUT2D eigenvalue weighted by molar-refractivity contribution is 5.47. The molecule has 0 bridgehead atoms. The summed E-state index contributed by atoms with van der Waals surface area (Å²) in [7, 11) is 3.27. The lowest BCUT2D eigenvalue weighted by atomic mass is 9.65. The first-order chi connectivity index (χ1) is 8.44. The molecule has 0 aliphatic carbocycles. The smallest absolute Gasteiger partial charge is 0.161 e. The third-order valence-electron chi connectivity index (χ3n) is 3.87. The van der Waals surface area contributed by atoms with Gasteiger partial charge in [-0.1, -0.05) is 6.07 Å². The Morgan fingerprint density at radius 2 is 1.78 bits per heavy atom. The zero-order valence-electron chi connectivity index (χ0n) is 11.4. The van der Waals surface area contributed by atoms with E-state index in [1.807, 2.05) is 32.0 Å². The standard InChI is InChI=1S/C14H21NO3/c1-13(2,15)14(8-18-9-14)10-5-6-11(16-3)12(7-10)17-4/h5-7H,8-9,15H2,1-4H3. The van der Waals surface area contributed by atoms with Crippen LogP contribution in [-0.2, 0) is 10.2 Å². The molecule has 2 N–H and O–H groups in total. The van der Waals surface area contributed by atoms with Crippen LogP contribution in [-0.4, -0.2) is 33.0 Å². The van der Waals surface area contributed by atoms with Crippen molar-refractivity contribution in [3.8, 4) is 11.5 Å². The fourth-order valence-electron chi connectivity index (χ4n) is 2.35. The molecule has 1 saturated heterocycles. The van der Waals surface area contributed by atoms with E-state index in [1.165, 1.54) is 0 Å². The molecule has 0 amide bonds. The molecular formula is C14H21NO3. The Bertz CT molecular complexity index is 433. The van der Waals surface area contributed by atoms with Gasteiger partial charge in [0.25, 0.3) is 0 Å². The summed E-state index contributed by atoms with van der Waals surface area (Å²) in [5, 5.41) is 0. The van der Waals surface area contributed by atoms with Crippen molar-refractivity contribution in [1.82, 2.24) is 0 Å². The first-order valence-corrected chi connectivity index (χ1v) is 6.04. The van der Waals surface area contributed by atoms with Crippen molar-refractivity contribution in [1.29, 1.82) is 0 Å². The number of hydrogen-bond donors (Lipinski definition) is 1. The average molecular weight is 251 g/mol. The number of benzene rings is 1. The van der Waals surface area contributed by atoms with Crippen molar-refractivity contribution in [3.05, 3.63) is 23.8 Å². The van der Waals surface area contributed by atoms with Gasteiger partial charge in [0.05, 0.1) is 32.8 Å². The van der Waals surface area contributed by atoms with Crippen LogP contribution in [0.4, 0.5) is 0 Å². The molecular weight excluding hydrogens is 230 g/mol. The number of ether oxygens (including phenoxy) is 3. The van der Waals surface area contributed by atoms with E-state index in [-0.39, 0.29) is 11.0 Å². The van der Waals surface area contributed by atoms with Crippen molar-refractivity contribution in [3.63, 3.8) is 0 Å². The number of methoxy groups -OCH3 is 2.